The van der Waals surface area contributed by atoms with Crippen molar-refractivity contribution in [3.63, 3.8) is 0 Å². The minimum Gasteiger partial charge on any atom is -0.245 e. The van der Waals surface area contributed by atoms with Crippen LogP contribution in [0.5, 0.6) is 0 Å². The summed E-state index contributed by atoms with van der Waals surface area (Å²) in [4.78, 5) is 20.5. The van der Waals surface area contributed by atoms with Gasteiger partial charge in [0.05, 0.1) is 5.70 Å². The number of amides is 1. The van der Waals surface area contributed by atoms with E-state index in [1.54, 1.807) is 7.05 Å². The molecule has 4 heteroatoms. The second kappa shape index (κ2) is 4.20. The summed E-state index contributed by atoms with van der Waals surface area (Å²) in [5.41, 5.74) is 2.44. The number of carbonyl (C=O) groups is 1. The van der Waals surface area contributed by atoms with Gasteiger partial charge in [-0.25, -0.2) is 14.8 Å². The molecule has 0 aromatic carbocycles. The van der Waals surface area contributed by atoms with Crippen LogP contribution in [-0.2, 0) is 4.79 Å². The van der Waals surface area contributed by atoms with Gasteiger partial charge in [0.25, 0.3) is 0 Å². The number of hydrogen-bond acceptors (Lipinski definition) is 3. The third-order valence-electron chi connectivity index (χ3n) is 3.15. The van der Waals surface area contributed by atoms with Crippen LogP contribution in [0.25, 0.3) is 0 Å². The van der Waals surface area contributed by atoms with E-state index in [-0.39, 0.29) is 11.8 Å². The maximum absolute atomic E-state index is 12.0. The molecule has 0 saturated carbocycles. The molecule has 4 nitrogen and oxygen atoms in total. The number of hydrogen-bond donors (Lipinski definition) is 0. The predicted molar refractivity (Wildman–Crippen MR) is 68.7 cm³/mol. The van der Waals surface area contributed by atoms with Gasteiger partial charge in [0, 0.05) is 11.6 Å². The summed E-state index contributed by atoms with van der Waals surface area (Å²) in [6.45, 7) is 7.70. The second-order valence-electron chi connectivity index (χ2n) is 4.51. The van der Waals surface area contributed by atoms with Gasteiger partial charge in [0.2, 0.25) is 0 Å². The first kappa shape index (κ1) is 11.6. The summed E-state index contributed by atoms with van der Waals surface area (Å²) in [7, 11) is 1.64. The van der Waals surface area contributed by atoms with E-state index < -0.39 is 0 Å². The van der Waals surface area contributed by atoms with Crippen molar-refractivity contribution in [2.24, 2.45) is 21.8 Å². The van der Waals surface area contributed by atoms with Crippen molar-refractivity contribution >= 4 is 24.7 Å². The molecular formula is C13H16N3O+. The molecule has 0 aromatic rings. The molecule has 0 saturated heterocycles. The van der Waals surface area contributed by atoms with Crippen molar-refractivity contribution in [3.8, 4) is 0 Å². The Morgan fingerprint density at radius 1 is 1.53 bits per heavy atom. The lowest BCUT2D eigenvalue weighted by Crippen LogP contribution is -2.29. The van der Waals surface area contributed by atoms with E-state index in [4.69, 9.17) is 0 Å². The zero-order valence-electron chi connectivity index (χ0n) is 10.3. The largest absolute Gasteiger partial charge is 0.420 e. The Hall–Kier alpha value is -1.84. The predicted octanol–water partition coefficient (Wildman–Crippen LogP) is 1.43. The fourth-order valence-corrected chi connectivity index (χ4v) is 2.24. The Bertz CT molecular complexity index is 509. The smallest absolute Gasteiger partial charge is 0.245 e. The third-order valence-corrected chi connectivity index (χ3v) is 3.15. The number of fused-ring (bicyclic) bond motifs is 1. The second-order valence-corrected chi connectivity index (χ2v) is 4.51. The molecule has 0 aromatic heterocycles. The summed E-state index contributed by atoms with van der Waals surface area (Å²) in [5.74, 6) is 0.321. The minimum atomic E-state index is -0.111. The lowest BCUT2D eigenvalue weighted by atomic mass is 9.80. The van der Waals surface area contributed by atoms with Gasteiger partial charge < -0.3 is 0 Å². The van der Waals surface area contributed by atoms with Gasteiger partial charge in [-0.1, -0.05) is 13.0 Å². The Morgan fingerprint density at radius 2 is 2.24 bits per heavy atom. The molecular weight excluding hydrogens is 214 g/mol. The van der Waals surface area contributed by atoms with Crippen molar-refractivity contribution in [2.45, 2.75) is 13.8 Å². The van der Waals surface area contributed by atoms with Gasteiger partial charge >= 0.3 is 5.91 Å². The number of rotatable bonds is 1. The van der Waals surface area contributed by atoms with E-state index >= 15 is 0 Å². The van der Waals surface area contributed by atoms with E-state index in [1.807, 2.05) is 19.1 Å². The summed E-state index contributed by atoms with van der Waals surface area (Å²) >= 11 is 0. The fraction of sp³-hybridized carbons (Fsp3) is 0.385. The van der Waals surface area contributed by atoms with Crippen LogP contribution < -0.4 is 0 Å². The van der Waals surface area contributed by atoms with Crippen molar-refractivity contribution < 1.29 is 9.37 Å². The zero-order valence-corrected chi connectivity index (χ0v) is 10.3. The average molecular weight is 230 g/mol. The van der Waals surface area contributed by atoms with Gasteiger partial charge in [-0.05, 0) is 18.9 Å². The minimum absolute atomic E-state index is 0.111. The Kier molecular flexibility index (Phi) is 2.88. The van der Waals surface area contributed by atoms with Crippen LogP contribution in [0.2, 0.25) is 0 Å². The van der Waals surface area contributed by atoms with Gasteiger partial charge in [0.1, 0.15) is 25.7 Å². The Labute approximate surface area is 101 Å². The maximum Gasteiger partial charge on any atom is 0.420 e. The molecule has 1 aliphatic heterocycles. The summed E-state index contributed by atoms with van der Waals surface area (Å²) in [6.07, 6.45) is 5.39. The number of likely N-dealkylation sites (N-methyl/N-ethyl adjacent to an activating group) is 1. The normalized spacial score (nSPS) is 26.6. The molecule has 1 aliphatic carbocycles. The molecule has 1 amide bonds. The molecule has 17 heavy (non-hydrogen) atoms. The first-order valence-electron chi connectivity index (χ1n) is 5.60. The lowest BCUT2D eigenvalue weighted by Gasteiger charge is -2.27. The van der Waals surface area contributed by atoms with E-state index in [1.165, 1.54) is 10.9 Å². The van der Waals surface area contributed by atoms with E-state index in [0.717, 1.165) is 11.4 Å². The molecule has 0 bridgehead atoms. The van der Waals surface area contributed by atoms with Crippen LogP contribution in [0.3, 0.4) is 0 Å². The van der Waals surface area contributed by atoms with Crippen LogP contribution in [0.1, 0.15) is 13.8 Å². The average Bonchev–Trinajstić information content (AvgIpc) is 2.28. The lowest BCUT2D eigenvalue weighted by molar-refractivity contribution is -0.405. The summed E-state index contributed by atoms with van der Waals surface area (Å²) < 4.78 is 1.33. The highest BCUT2D eigenvalue weighted by atomic mass is 16.2. The van der Waals surface area contributed by atoms with E-state index in [2.05, 4.69) is 23.6 Å². The highest BCUT2D eigenvalue weighted by molar-refractivity contribution is 6.00. The topological polar surface area (TPSA) is 44.8 Å². The van der Waals surface area contributed by atoms with Crippen molar-refractivity contribution in [2.75, 3.05) is 7.05 Å². The fourth-order valence-electron chi connectivity index (χ4n) is 2.24. The molecule has 0 fully saturated rings. The molecule has 0 N–H and O–H groups in total. The standard InChI is InChI=1S/C13H16N3O/c1-8-5-6-10(13(17)16(3)4)12-11(8)9(2)14-7-15-12/h5-8,11H,3H2,1-2,4H3/q+1. The van der Waals surface area contributed by atoms with Gasteiger partial charge in [-0.3, -0.25) is 0 Å². The number of nitrogens with zero attached hydrogens (tertiary/aromatic N) is 3. The number of aliphatic imine (C=N–C) groups is 2. The summed E-state index contributed by atoms with van der Waals surface area (Å²) in [5, 5.41) is 0. The molecule has 88 valence electrons. The molecule has 2 rings (SSSR count). The molecule has 1 heterocycles. The Balaban J connectivity index is 2.52. The van der Waals surface area contributed by atoms with Crippen molar-refractivity contribution in [1.82, 2.24) is 0 Å². The van der Waals surface area contributed by atoms with Crippen LogP contribution in [0.4, 0.5) is 0 Å². The van der Waals surface area contributed by atoms with Crippen LogP contribution in [0.15, 0.2) is 33.4 Å². The molecule has 0 spiro atoms. The van der Waals surface area contributed by atoms with Gasteiger partial charge in [0.15, 0.2) is 0 Å². The third kappa shape index (κ3) is 1.90. The maximum atomic E-state index is 12.0. The Morgan fingerprint density at radius 3 is 2.88 bits per heavy atom. The molecule has 2 aliphatic rings. The van der Waals surface area contributed by atoms with E-state index in [0.29, 0.717) is 11.5 Å². The quantitative estimate of drug-likeness (QED) is 0.496. The zero-order chi connectivity index (χ0) is 12.6. The first-order chi connectivity index (χ1) is 8.02. The number of allylic oxidation sites excluding steroid dienone is 2. The van der Waals surface area contributed by atoms with Gasteiger partial charge in [-0.2, -0.15) is 4.58 Å². The van der Waals surface area contributed by atoms with Gasteiger partial charge in [-0.15, -0.1) is 0 Å². The molecule has 2 unspecified atom stereocenters. The highest BCUT2D eigenvalue weighted by Crippen LogP contribution is 2.33. The highest BCUT2D eigenvalue weighted by Gasteiger charge is 2.34. The van der Waals surface area contributed by atoms with Crippen molar-refractivity contribution in [1.29, 1.82) is 0 Å². The SMILES string of the molecule is C=[N+](C)C(=O)C1=C2N=CN=C(C)C2C(C)C=C1. The van der Waals surface area contributed by atoms with Crippen LogP contribution in [-0.4, -0.2) is 36.3 Å². The monoisotopic (exact) mass is 230 g/mol. The van der Waals surface area contributed by atoms with Crippen LogP contribution in [0, 0.1) is 11.8 Å². The first-order valence-corrected chi connectivity index (χ1v) is 5.60. The number of carbonyl (C=O) groups excluding carboxylic acids is 1. The molecule has 0 radical (unpaired) electrons. The van der Waals surface area contributed by atoms with Crippen LogP contribution >= 0.6 is 0 Å². The summed E-state index contributed by atoms with van der Waals surface area (Å²) in [6, 6.07) is 0. The molecule has 2 atom stereocenters. The van der Waals surface area contributed by atoms with E-state index in [9.17, 15) is 4.79 Å². The van der Waals surface area contributed by atoms with Crippen molar-refractivity contribution in [3.05, 3.63) is 23.4 Å².